The summed E-state index contributed by atoms with van der Waals surface area (Å²) >= 11 is 0. The predicted octanol–water partition coefficient (Wildman–Crippen LogP) is 5.40. The van der Waals surface area contributed by atoms with E-state index < -0.39 is 0 Å². The fraction of sp³-hybridized carbons (Fsp3) is 0.455. The largest absolute Gasteiger partial charge is 0.507 e. The van der Waals surface area contributed by atoms with Crippen LogP contribution in [-0.2, 0) is 12.0 Å². The Morgan fingerprint density at radius 1 is 0.963 bits per heavy atom. The van der Waals surface area contributed by atoms with Gasteiger partial charge in [0, 0.05) is 23.2 Å². The zero-order chi connectivity index (χ0) is 19.1. The highest BCUT2D eigenvalue weighted by Crippen LogP contribution is 2.41. The number of benzene rings is 2. The predicted molar refractivity (Wildman–Crippen MR) is 112 cm³/mol. The van der Waals surface area contributed by atoms with Gasteiger partial charge in [-0.3, -0.25) is 0 Å². The average Bonchev–Trinajstić information content (AvgIpc) is 2.99. The van der Waals surface area contributed by atoms with Crippen LogP contribution in [0.5, 0.6) is 17.2 Å². The second-order valence-electron chi connectivity index (χ2n) is 8.95. The van der Waals surface area contributed by atoms with Crippen molar-refractivity contribution < 1.29 is 14.6 Å². The summed E-state index contributed by atoms with van der Waals surface area (Å²) in [5.41, 5.74) is 3.79. The van der Waals surface area contributed by atoms with E-state index in [1.165, 1.54) is 5.56 Å². The molecule has 5 heteroatoms. The van der Waals surface area contributed by atoms with Crippen LogP contribution in [0.3, 0.4) is 0 Å². The molecule has 1 aliphatic rings. The lowest BCUT2D eigenvalue weighted by atomic mass is 9.83. The van der Waals surface area contributed by atoms with Gasteiger partial charge in [-0.2, -0.15) is 0 Å². The number of ether oxygens (including phenoxy) is 2. The number of rotatable bonds is 3. The van der Waals surface area contributed by atoms with Gasteiger partial charge in [-0.25, -0.2) is 0 Å². The first-order valence-corrected chi connectivity index (χ1v) is 9.06. The lowest BCUT2D eigenvalue weighted by Crippen LogP contribution is -2.35. The van der Waals surface area contributed by atoms with Crippen molar-refractivity contribution in [1.82, 2.24) is 5.32 Å². The van der Waals surface area contributed by atoms with Crippen molar-refractivity contribution in [3.05, 3.63) is 41.5 Å². The van der Waals surface area contributed by atoms with Crippen molar-refractivity contribution in [3.8, 4) is 28.4 Å². The minimum absolute atomic E-state index is 0. The summed E-state index contributed by atoms with van der Waals surface area (Å²) in [4.78, 5) is 0. The fourth-order valence-electron chi connectivity index (χ4n) is 2.91. The molecule has 2 aromatic carbocycles. The minimum atomic E-state index is -0.0247. The average molecular weight is 392 g/mol. The highest BCUT2D eigenvalue weighted by molar-refractivity contribution is 5.85. The van der Waals surface area contributed by atoms with E-state index in [1.807, 2.05) is 18.2 Å². The van der Waals surface area contributed by atoms with Gasteiger partial charge in [0.15, 0.2) is 11.5 Å². The Bertz CT molecular complexity index is 820. The van der Waals surface area contributed by atoms with E-state index in [-0.39, 0.29) is 30.2 Å². The van der Waals surface area contributed by atoms with Crippen molar-refractivity contribution >= 4 is 12.4 Å². The summed E-state index contributed by atoms with van der Waals surface area (Å²) in [7, 11) is 0. The summed E-state index contributed by atoms with van der Waals surface area (Å²) in [6.07, 6.45) is 0. The zero-order valence-electron chi connectivity index (χ0n) is 17.0. The van der Waals surface area contributed by atoms with Crippen LogP contribution in [0.1, 0.15) is 52.7 Å². The van der Waals surface area contributed by atoms with E-state index in [9.17, 15) is 5.11 Å². The van der Waals surface area contributed by atoms with Crippen molar-refractivity contribution in [2.45, 2.75) is 59.0 Å². The molecule has 2 N–H and O–H groups in total. The third-order valence-corrected chi connectivity index (χ3v) is 4.55. The van der Waals surface area contributed by atoms with Crippen LogP contribution in [0.2, 0.25) is 0 Å². The van der Waals surface area contributed by atoms with E-state index in [0.29, 0.717) is 12.3 Å². The number of fused-ring (bicyclic) bond motifs is 1. The zero-order valence-corrected chi connectivity index (χ0v) is 17.8. The van der Waals surface area contributed by atoms with Gasteiger partial charge >= 0.3 is 0 Å². The van der Waals surface area contributed by atoms with Gasteiger partial charge < -0.3 is 19.9 Å². The van der Waals surface area contributed by atoms with E-state index in [2.05, 4.69) is 59.0 Å². The van der Waals surface area contributed by atoms with E-state index in [4.69, 9.17) is 9.47 Å². The van der Waals surface area contributed by atoms with Crippen LogP contribution in [0.15, 0.2) is 30.3 Å². The van der Waals surface area contributed by atoms with Gasteiger partial charge in [0.1, 0.15) is 5.75 Å². The number of nitrogens with one attached hydrogen (secondary N) is 1. The molecule has 2 aromatic rings. The summed E-state index contributed by atoms with van der Waals surface area (Å²) in [5.74, 6) is 1.78. The van der Waals surface area contributed by atoms with Crippen molar-refractivity contribution in [3.63, 3.8) is 0 Å². The molecule has 1 heterocycles. The molecule has 0 aromatic heterocycles. The minimum Gasteiger partial charge on any atom is -0.507 e. The Morgan fingerprint density at radius 3 is 2.26 bits per heavy atom. The molecule has 1 aliphatic heterocycles. The molecule has 0 fully saturated rings. The van der Waals surface area contributed by atoms with Gasteiger partial charge in [0.05, 0.1) is 0 Å². The SMILES string of the molecule is CC(C)(C)NCc1cc(C(C)(C)C)cc(-c2ccc3c(c2)OCO3)c1O.Cl. The number of hydrogen-bond acceptors (Lipinski definition) is 4. The highest BCUT2D eigenvalue weighted by Gasteiger charge is 2.22. The van der Waals surface area contributed by atoms with Crippen molar-refractivity contribution in [1.29, 1.82) is 0 Å². The van der Waals surface area contributed by atoms with Gasteiger partial charge in [-0.1, -0.05) is 32.9 Å². The maximum absolute atomic E-state index is 11.0. The van der Waals surface area contributed by atoms with E-state index in [0.717, 1.165) is 28.2 Å². The van der Waals surface area contributed by atoms with Crippen LogP contribution in [0.25, 0.3) is 11.1 Å². The molecular weight excluding hydrogens is 362 g/mol. The second kappa shape index (κ2) is 7.61. The molecule has 0 radical (unpaired) electrons. The Labute approximate surface area is 168 Å². The molecule has 0 bridgehead atoms. The first-order chi connectivity index (χ1) is 12.0. The first-order valence-electron chi connectivity index (χ1n) is 9.06. The van der Waals surface area contributed by atoms with Crippen LogP contribution in [0, 0.1) is 0 Å². The van der Waals surface area contributed by atoms with Gasteiger partial charge in [-0.05, 0) is 55.5 Å². The summed E-state index contributed by atoms with van der Waals surface area (Å²) in [5, 5.41) is 14.4. The number of aromatic hydroxyl groups is 1. The van der Waals surface area contributed by atoms with Crippen LogP contribution in [0.4, 0.5) is 0 Å². The van der Waals surface area contributed by atoms with E-state index >= 15 is 0 Å². The molecule has 0 spiro atoms. The van der Waals surface area contributed by atoms with Crippen LogP contribution >= 0.6 is 12.4 Å². The molecule has 0 saturated heterocycles. The topological polar surface area (TPSA) is 50.7 Å². The summed E-state index contributed by atoms with van der Waals surface area (Å²) in [6, 6.07) is 9.98. The van der Waals surface area contributed by atoms with E-state index in [1.54, 1.807) is 0 Å². The molecule has 0 atom stereocenters. The van der Waals surface area contributed by atoms with Crippen LogP contribution in [-0.4, -0.2) is 17.4 Å². The lowest BCUT2D eigenvalue weighted by molar-refractivity contribution is 0.174. The van der Waals surface area contributed by atoms with Gasteiger partial charge in [-0.15, -0.1) is 12.4 Å². The number of phenols is 1. The molecule has 0 unspecified atom stereocenters. The Balaban J connectivity index is 0.00000261. The van der Waals surface area contributed by atoms with Gasteiger partial charge in [0.2, 0.25) is 6.79 Å². The molecule has 0 amide bonds. The molecule has 0 aliphatic carbocycles. The molecule has 4 nitrogen and oxygen atoms in total. The third-order valence-electron chi connectivity index (χ3n) is 4.55. The number of halogens is 1. The normalized spacial score (nSPS) is 13.4. The lowest BCUT2D eigenvalue weighted by Gasteiger charge is -2.25. The number of hydrogen-bond donors (Lipinski definition) is 2. The monoisotopic (exact) mass is 391 g/mol. The second-order valence-corrected chi connectivity index (χ2v) is 8.95. The third kappa shape index (κ3) is 4.88. The molecule has 27 heavy (non-hydrogen) atoms. The molecular formula is C22H30ClNO3. The Kier molecular flexibility index (Phi) is 6.03. The van der Waals surface area contributed by atoms with Crippen molar-refractivity contribution in [2.24, 2.45) is 0 Å². The molecule has 148 valence electrons. The standard InChI is InChI=1S/C22H29NO3.ClH/c1-21(2,3)16-9-15(12-23-22(4,5)6)20(24)17(11-16)14-7-8-18-19(10-14)26-13-25-18;/h7-11,23-24H,12-13H2,1-6H3;1H. The maximum Gasteiger partial charge on any atom is 0.231 e. The summed E-state index contributed by atoms with van der Waals surface area (Å²) < 4.78 is 10.9. The smallest absolute Gasteiger partial charge is 0.231 e. The summed E-state index contributed by atoms with van der Waals surface area (Å²) in [6.45, 7) is 13.8. The first kappa shape index (κ1) is 21.4. The number of phenolic OH excluding ortho intramolecular Hbond substituents is 1. The quantitative estimate of drug-likeness (QED) is 0.735. The van der Waals surface area contributed by atoms with Crippen LogP contribution < -0.4 is 14.8 Å². The van der Waals surface area contributed by atoms with Crippen molar-refractivity contribution in [2.75, 3.05) is 6.79 Å². The maximum atomic E-state index is 11.0. The Morgan fingerprint density at radius 2 is 1.63 bits per heavy atom. The highest BCUT2D eigenvalue weighted by atomic mass is 35.5. The molecule has 3 rings (SSSR count). The Hall–Kier alpha value is -1.91. The molecule has 0 saturated carbocycles. The fourth-order valence-corrected chi connectivity index (χ4v) is 2.91. The van der Waals surface area contributed by atoms with Gasteiger partial charge in [0.25, 0.3) is 0 Å².